The minimum Gasteiger partial charge on any atom is -0.440 e. The predicted molar refractivity (Wildman–Crippen MR) is 47.1 cm³/mol. The van der Waals surface area contributed by atoms with Crippen LogP contribution < -0.4 is 5.56 Å². The van der Waals surface area contributed by atoms with Crippen LogP contribution in [0.2, 0.25) is 0 Å². The van der Waals surface area contributed by atoms with E-state index in [1.165, 1.54) is 6.20 Å². The molecule has 4 nitrogen and oxygen atoms in total. The lowest BCUT2D eigenvalue weighted by atomic mass is 10.4. The van der Waals surface area contributed by atoms with Gasteiger partial charge in [-0.15, -0.1) is 0 Å². The Balaban J connectivity index is 3.03. The molecule has 0 atom stereocenters. The number of hydrogen-bond donors (Lipinski definition) is 1. The number of nitrogens with one attached hydrogen (secondary N) is 1. The van der Waals surface area contributed by atoms with Gasteiger partial charge in [0.2, 0.25) is 0 Å². The van der Waals surface area contributed by atoms with Crippen LogP contribution in [0.15, 0.2) is 19.9 Å². The lowest BCUT2D eigenvalue weighted by Gasteiger charge is -1.87. The maximum atomic E-state index is 11.1. The Bertz CT molecular complexity index is 486. The highest BCUT2D eigenvalue weighted by Gasteiger charge is 2.08. The van der Waals surface area contributed by atoms with E-state index in [0.29, 0.717) is 21.5 Å². The number of aromatic amines is 1. The number of hydrogen-bond acceptors (Lipinski definition) is 3. The molecule has 5 heteroatoms. The third-order valence-corrected chi connectivity index (χ3v) is 2.09. The molecule has 2 rings (SSSR count). The van der Waals surface area contributed by atoms with Crippen LogP contribution in [-0.4, -0.2) is 9.97 Å². The van der Waals surface area contributed by atoms with E-state index in [1.54, 1.807) is 6.92 Å². The number of oxazole rings is 1. The highest BCUT2D eigenvalue weighted by molar-refractivity contribution is 9.10. The zero-order valence-corrected chi connectivity index (χ0v) is 7.81. The molecule has 0 bridgehead atoms. The molecule has 0 aliphatic carbocycles. The van der Waals surface area contributed by atoms with Crippen molar-refractivity contribution in [2.24, 2.45) is 0 Å². The quantitative estimate of drug-likeness (QED) is 0.746. The smallest absolute Gasteiger partial charge is 0.277 e. The first-order chi connectivity index (χ1) is 5.68. The maximum Gasteiger partial charge on any atom is 0.277 e. The molecule has 12 heavy (non-hydrogen) atoms. The van der Waals surface area contributed by atoms with Crippen molar-refractivity contribution in [1.29, 1.82) is 0 Å². The van der Waals surface area contributed by atoms with Crippen LogP contribution in [0.1, 0.15) is 5.89 Å². The molecule has 0 saturated carbocycles. The highest BCUT2D eigenvalue weighted by atomic mass is 79.9. The third-order valence-electron chi connectivity index (χ3n) is 1.50. The Morgan fingerprint density at radius 1 is 1.67 bits per heavy atom. The number of nitrogens with zero attached hydrogens (tertiary/aromatic N) is 1. The van der Waals surface area contributed by atoms with Crippen LogP contribution in [0.3, 0.4) is 0 Å². The molecule has 2 aromatic heterocycles. The Kier molecular flexibility index (Phi) is 1.54. The van der Waals surface area contributed by atoms with Gasteiger partial charge in [0.05, 0.1) is 4.47 Å². The second kappa shape index (κ2) is 2.45. The van der Waals surface area contributed by atoms with Gasteiger partial charge in [-0.05, 0) is 15.9 Å². The number of halogens is 1. The van der Waals surface area contributed by atoms with Gasteiger partial charge >= 0.3 is 0 Å². The number of aryl methyl sites for hydroxylation is 1. The van der Waals surface area contributed by atoms with E-state index in [0.717, 1.165) is 0 Å². The monoisotopic (exact) mass is 228 g/mol. The largest absolute Gasteiger partial charge is 0.440 e. The van der Waals surface area contributed by atoms with Gasteiger partial charge in [0.15, 0.2) is 17.0 Å². The number of fused-ring (bicyclic) bond motifs is 1. The second-order valence-corrected chi connectivity index (χ2v) is 3.23. The highest BCUT2D eigenvalue weighted by Crippen LogP contribution is 2.20. The van der Waals surface area contributed by atoms with Gasteiger partial charge in [0.25, 0.3) is 5.56 Å². The van der Waals surface area contributed by atoms with Crippen molar-refractivity contribution in [2.45, 2.75) is 6.92 Å². The molecule has 0 aliphatic heterocycles. The molecule has 0 fully saturated rings. The van der Waals surface area contributed by atoms with Gasteiger partial charge in [-0.2, -0.15) is 0 Å². The van der Waals surface area contributed by atoms with E-state index in [9.17, 15) is 4.79 Å². The topological polar surface area (TPSA) is 58.9 Å². The molecule has 0 saturated heterocycles. The summed E-state index contributed by atoms with van der Waals surface area (Å²) in [7, 11) is 0. The fourth-order valence-electron chi connectivity index (χ4n) is 1.01. The first kappa shape index (κ1) is 7.54. The first-order valence-electron chi connectivity index (χ1n) is 3.33. The standard InChI is InChI=1S/C7H5BrN2O2/c1-3-10-5-6(12-3)4(8)2-9-7(5)11/h2H,1H3,(H,9,11). The lowest BCUT2D eigenvalue weighted by molar-refractivity contribution is 0.559. The molecule has 0 unspecified atom stereocenters. The summed E-state index contributed by atoms with van der Waals surface area (Å²) in [5, 5.41) is 0. The molecule has 2 heterocycles. The van der Waals surface area contributed by atoms with E-state index in [-0.39, 0.29) is 5.56 Å². The second-order valence-electron chi connectivity index (χ2n) is 2.38. The molecular weight excluding hydrogens is 224 g/mol. The molecule has 0 radical (unpaired) electrons. The SMILES string of the molecule is Cc1nc2c(=O)[nH]cc(Br)c2o1. The molecule has 62 valence electrons. The minimum atomic E-state index is -0.231. The summed E-state index contributed by atoms with van der Waals surface area (Å²) in [6, 6.07) is 0. The Morgan fingerprint density at radius 3 is 3.08 bits per heavy atom. The number of rotatable bonds is 0. The molecule has 2 aromatic rings. The van der Waals surface area contributed by atoms with E-state index in [1.807, 2.05) is 0 Å². The molecular formula is C7H5BrN2O2. The van der Waals surface area contributed by atoms with Gasteiger partial charge in [-0.1, -0.05) is 0 Å². The minimum absolute atomic E-state index is 0.231. The number of pyridine rings is 1. The van der Waals surface area contributed by atoms with Gasteiger partial charge in [0.1, 0.15) is 0 Å². The van der Waals surface area contributed by atoms with E-state index < -0.39 is 0 Å². The Labute approximate surface area is 75.7 Å². The first-order valence-corrected chi connectivity index (χ1v) is 4.12. The van der Waals surface area contributed by atoms with Gasteiger partial charge in [0, 0.05) is 13.1 Å². The number of H-pyrrole nitrogens is 1. The Morgan fingerprint density at radius 2 is 2.42 bits per heavy atom. The average molecular weight is 229 g/mol. The van der Waals surface area contributed by atoms with Crippen molar-refractivity contribution >= 4 is 27.0 Å². The van der Waals surface area contributed by atoms with Crippen LogP contribution >= 0.6 is 15.9 Å². The van der Waals surface area contributed by atoms with Gasteiger partial charge < -0.3 is 9.40 Å². The fourth-order valence-corrected chi connectivity index (χ4v) is 1.39. The summed E-state index contributed by atoms with van der Waals surface area (Å²) in [5.41, 5.74) is 0.600. The van der Waals surface area contributed by atoms with Crippen molar-refractivity contribution in [3.8, 4) is 0 Å². The number of aromatic nitrogens is 2. The average Bonchev–Trinajstić information content (AvgIpc) is 2.41. The molecule has 0 aromatic carbocycles. The molecule has 0 aliphatic rings. The summed E-state index contributed by atoms with van der Waals surface area (Å²) < 4.78 is 5.91. The van der Waals surface area contributed by atoms with Gasteiger partial charge in [-0.3, -0.25) is 4.79 Å². The van der Waals surface area contributed by atoms with Gasteiger partial charge in [-0.25, -0.2) is 4.98 Å². The van der Waals surface area contributed by atoms with Crippen molar-refractivity contribution in [3.05, 3.63) is 26.9 Å². The zero-order valence-electron chi connectivity index (χ0n) is 6.22. The summed E-state index contributed by atoms with van der Waals surface area (Å²) in [4.78, 5) is 17.6. The van der Waals surface area contributed by atoms with Crippen molar-refractivity contribution < 1.29 is 4.42 Å². The molecule has 1 N–H and O–H groups in total. The normalized spacial score (nSPS) is 10.8. The third kappa shape index (κ3) is 0.972. The van der Waals surface area contributed by atoms with E-state index in [2.05, 4.69) is 25.9 Å². The maximum absolute atomic E-state index is 11.1. The predicted octanol–water partition coefficient (Wildman–Crippen LogP) is 1.59. The van der Waals surface area contributed by atoms with Crippen LogP contribution in [0.4, 0.5) is 0 Å². The van der Waals surface area contributed by atoms with Crippen LogP contribution in [0.25, 0.3) is 11.1 Å². The van der Waals surface area contributed by atoms with E-state index >= 15 is 0 Å². The summed E-state index contributed by atoms with van der Waals surface area (Å²) >= 11 is 3.24. The molecule has 0 amide bonds. The van der Waals surface area contributed by atoms with E-state index in [4.69, 9.17) is 4.42 Å². The Hall–Kier alpha value is -1.10. The van der Waals surface area contributed by atoms with Crippen molar-refractivity contribution in [2.75, 3.05) is 0 Å². The van der Waals surface area contributed by atoms with Crippen molar-refractivity contribution in [3.63, 3.8) is 0 Å². The summed E-state index contributed by atoms with van der Waals surface area (Å²) in [5.74, 6) is 0.488. The molecule has 0 spiro atoms. The van der Waals surface area contributed by atoms with Crippen LogP contribution in [0.5, 0.6) is 0 Å². The van der Waals surface area contributed by atoms with Crippen molar-refractivity contribution in [1.82, 2.24) is 9.97 Å². The lowest BCUT2D eigenvalue weighted by Crippen LogP contribution is -2.04. The summed E-state index contributed by atoms with van der Waals surface area (Å²) in [6.45, 7) is 1.70. The van der Waals surface area contributed by atoms with Crippen LogP contribution in [-0.2, 0) is 0 Å². The fraction of sp³-hybridized carbons (Fsp3) is 0.143. The zero-order chi connectivity index (χ0) is 8.72. The summed E-state index contributed by atoms with van der Waals surface area (Å²) in [6.07, 6.45) is 1.54. The van der Waals surface area contributed by atoms with Crippen LogP contribution in [0, 0.1) is 6.92 Å².